The maximum absolute atomic E-state index is 14.0. The first-order valence-electron chi connectivity index (χ1n) is 18.0. The van der Waals surface area contributed by atoms with Crippen molar-refractivity contribution >= 4 is 45.0 Å². The van der Waals surface area contributed by atoms with Crippen molar-refractivity contribution < 1.29 is 22.8 Å². The molecule has 4 atom stereocenters. The number of anilines is 1. The Bertz CT molecular complexity index is 1880. The van der Waals surface area contributed by atoms with Crippen molar-refractivity contribution in [2.24, 2.45) is 11.8 Å². The third kappa shape index (κ3) is 12.7. The summed E-state index contributed by atoms with van der Waals surface area (Å²) in [6.45, 7) is 4.27. The lowest BCUT2D eigenvalue weighted by molar-refractivity contribution is -0.126. The van der Waals surface area contributed by atoms with Crippen LogP contribution in [0.1, 0.15) is 75.2 Å². The summed E-state index contributed by atoms with van der Waals surface area (Å²) in [5.41, 5.74) is 9.57. The largest absolute Gasteiger partial charge is 0.399 e. The zero-order valence-electron chi connectivity index (χ0n) is 30.8. The van der Waals surface area contributed by atoms with Crippen molar-refractivity contribution in [3.63, 3.8) is 0 Å². The molecule has 1 heterocycles. The molecule has 1 aliphatic carbocycles. The number of carbonyl (C=O) groups excluding carboxylic acids is 3. The minimum atomic E-state index is -3.68. The Kier molecular flexibility index (Phi) is 15.0. The predicted molar refractivity (Wildman–Crippen MR) is 210 cm³/mol. The van der Waals surface area contributed by atoms with Crippen LogP contribution in [-0.2, 0) is 37.4 Å². The minimum absolute atomic E-state index is 0.0106. The summed E-state index contributed by atoms with van der Waals surface area (Å²) in [5.74, 6) is -1.66. The molecule has 3 aromatic rings. The molecule has 0 spiro atoms. The fourth-order valence-electron chi connectivity index (χ4n) is 6.23. The Balaban J connectivity index is 1.43. The molecule has 1 unspecified atom stereocenters. The summed E-state index contributed by atoms with van der Waals surface area (Å²) >= 11 is 6.16. The molecule has 0 fully saturated rings. The van der Waals surface area contributed by atoms with E-state index >= 15 is 0 Å². The summed E-state index contributed by atoms with van der Waals surface area (Å²) in [6.07, 6.45) is 10.1. The van der Waals surface area contributed by atoms with Crippen LogP contribution in [0.4, 0.5) is 5.69 Å². The Hall–Kier alpha value is -4.68. The summed E-state index contributed by atoms with van der Waals surface area (Å²) < 4.78 is 26.1. The van der Waals surface area contributed by atoms with Gasteiger partial charge < -0.3 is 21.7 Å². The lowest BCUT2D eigenvalue weighted by Crippen LogP contribution is -2.42. The third-order valence-electron chi connectivity index (χ3n) is 9.51. The van der Waals surface area contributed by atoms with Crippen molar-refractivity contribution in [1.82, 2.24) is 25.2 Å². The van der Waals surface area contributed by atoms with Crippen molar-refractivity contribution in [3.05, 3.63) is 118 Å². The van der Waals surface area contributed by atoms with Crippen LogP contribution < -0.4 is 21.7 Å². The van der Waals surface area contributed by atoms with Gasteiger partial charge >= 0.3 is 0 Å². The molecule has 0 saturated heterocycles. The number of hydrogen-bond acceptors (Lipinski definition) is 7. The highest BCUT2D eigenvalue weighted by atomic mass is 35.5. The van der Waals surface area contributed by atoms with Crippen LogP contribution >= 0.6 is 11.6 Å². The number of nitrogens with one attached hydrogen (secondary N) is 3. The van der Waals surface area contributed by atoms with E-state index in [1.165, 1.54) is 13.1 Å². The molecule has 13 heteroatoms. The number of rotatable bonds is 18. The van der Waals surface area contributed by atoms with Crippen molar-refractivity contribution in [1.29, 1.82) is 0 Å². The maximum atomic E-state index is 14.0. The molecule has 284 valence electrons. The first kappa shape index (κ1) is 41.1. The van der Waals surface area contributed by atoms with E-state index in [0.717, 1.165) is 40.2 Å². The number of benzene rings is 2. The van der Waals surface area contributed by atoms with Gasteiger partial charge in [-0.1, -0.05) is 61.7 Å². The molecule has 0 bridgehead atoms. The number of pyridine rings is 1. The van der Waals surface area contributed by atoms with Gasteiger partial charge in [0.15, 0.2) is 0 Å². The topological polar surface area (TPSA) is 164 Å². The summed E-state index contributed by atoms with van der Waals surface area (Å²) in [6, 6.07) is 19.6. The lowest BCUT2D eigenvalue weighted by atomic mass is 9.90. The number of allylic oxidation sites excluding steroid dienone is 1. The van der Waals surface area contributed by atoms with Gasteiger partial charge in [0.2, 0.25) is 27.7 Å². The molecule has 4 rings (SSSR count). The van der Waals surface area contributed by atoms with Gasteiger partial charge in [-0.15, -0.1) is 0 Å². The minimum Gasteiger partial charge on any atom is -0.399 e. The van der Waals surface area contributed by atoms with Gasteiger partial charge in [-0.3, -0.25) is 23.7 Å². The highest BCUT2D eigenvalue weighted by molar-refractivity contribution is 7.88. The van der Waals surface area contributed by atoms with E-state index in [1.807, 2.05) is 62.4 Å². The van der Waals surface area contributed by atoms with E-state index in [4.69, 9.17) is 17.3 Å². The summed E-state index contributed by atoms with van der Waals surface area (Å²) in [4.78, 5) is 45.0. The molecule has 0 radical (unpaired) electrons. The number of halogens is 1. The van der Waals surface area contributed by atoms with Crippen LogP contribution in [0.15, 0.2) is 96.3 Å². The van der Waals surface area contributed by atoms with Crippen molar-refractivity contribution in [2.75, 3.05) is 19.0 Å². The van der Waals surface area contributed by atoms with Crippen LogP contribution in [-0.4, -0.2) is 54.8 Å². The molecule has 0 saturated carbocycles. The van der Waals surface area contributed by atoms with Crippen LogP contribution in [0.3, 0.4) is 0 Å². The first-order valence-corrected chi connectivity index (χ1v) is 20.2. The van der Waals surface area contributed by atoms with Crippen LogP contribution in [0, 0.1) is 11.8 Å². The second kappa shape index (κ2) is 19.4. The second-order valence-corrected chi connectivity index (χ2v) is 16.1. The number of unbranched alkanes of at least 4 members (excludes halogenated alkanes) is 1. The fraction of sp³-hybridized carbons (Fsp3) is 0.400. The fourth-order valence-corrected chi connectivity index (χ4v) is 6.92. The monoisotopic (exact) mass is 762 g/mol. The van der Waals surface area contributed by atoms with E-state index in [2.05, 4.69) is 20.9 Å². The normalized spacial score (nSPS) is 16.0. The third-order valence-corrected chi connectivity index (χ3v) is 11.0. The number of aromatic nitrogens is 1. The van der Waals surface area contributed by atoms with Crippen LogP contribution in [0.5, 0.6) is 0 Å². The summed E-state index contributed by atoms with van der Waals surface area (Å²) in [7, 11) is -2.29. The van der Waals surface area contributed by atoms with Crippen molar-refractivity contribution in [2.45, 2.75) is 77.4 Å². The highest BCUT2D eigenvalue weighted by Crippen LogP contribution is 2.28. The van der Waals surface area contributed by atoms with Gasteiger partial charge in [0.1, 0.15) is 0 Å². The van der Waals surface area contributed by atoms with Gasteiger partial charge in [-0.05, 0) is 92.3 Å². The van der Waals surface area contributed by atoms with E-state index in [-0.39, 0.29) is 47.5 Å². The highest BCUT2D eigenvalue weighted by Gasteiger charge is 2.30. The number of hydrogen-bond donors (Lipinski definition) is 4. The molecule has 3 amide bonds. The average molecular weight is 763 g/mol. The first-order chi connectivity index (χ1) is 25.2. The number of nitrogens with zero attached hydrogens (tertiary/aromatic N) is 2. The standard InChI is InChI=1S/C40H51ClN6O5S/c1-5-29(38(48)44-26-28-16-18-34(42)19-17-28)11-6-7-15-36(25-35-14-8-9-20-43-35)46-40(50)32-21-31(23-37(24-32)47(3)53(4,51)52)39(49)45-27(2)30-12-10-13-33(41)22-30/h8-10,12-14,16-20,22-24,27,29,32,36H,5-7,11,15,21,25-26,42H2,1-4H3,(H,44,48)(H,45,49)(H,46,50)/t27-,29-,32?,36-/m1/s1. The van der Waals surface area contributed by atoms with Crippen LogP contribution in [0.25, 0.3) is 0 Å². The second-order valence-electron chi connectivity index (χ2n) is 13.6. The smallest absolute Gasteiger partial charge is 0.247 e. The Morgan fingerprint density at radius 1 is 1.02 bits per heavy atom. The number of nitrogen functional groups attached to an aromatic ring is 1. The molecular formula is C40H51ClN6O5S. The number of carbonyl (C=O) groups is 3. The zero-order chi connectivity index (χ0) is 38.5. The van der Waals surface area contributed by atoms with Gasteiger partial charge in [0.25, 0.3) is 0 Å². The van der Waals surface area contributed by atoms with Crippen LogP contribution in [0.2, 0.25) is 5.02 Å². The van der Waals surface area contributed by atoms with E-state index in [9.17, 15) is 22.8 Å². The molecule has 11 nitrogen and oxygen atoms in total. The van der Waals surface area contributed by atoms with E-state index in [0.29, 0.717) is 42.9 Å². The number of likely N-dealkylation sites (N-methyl/N-ethyl adjacent to an activating group) is 1. The number of amides is 3. The van der Waals surface area contributed by atoms with E-state index < -0.39 is 21.8 Å². The van der Waals surface area contributed by atoms with Gasteiger partial charge in [-0.2, -0.15) is 0 Å². The maximum Gasteiger partial charge on any atom is 0.247 e. The van der Waals surface area contributed by atoms with Gasteiger partial charge in [0.05, 0.1) is 18.2 Å². The molecule has 1 aliphatic rings. The molecule has 53 heavy (non-hydrogen) atoms. The van der Waals surface area contributed by atoms with Crippen molar-refractivity contribution in [3.8, 4) is 0 Å². The Morgan fingerprint density at radius 2 is 1.75 bits per heavy atom. The molecule has 1 aromatic heterocycles. The molecule has 0 aliphatic heterocycles. The van der Waals surface area contributed by atoms with Gasteiger partial charge in [0, 0.05) is 65.8 Å². The Morgan fingerprint density at radius 3 is 2.42 bits per heavy atom. The average Bonchev–Trinajstić information content (AvgIpc) is 3.13. The molecular weight excluding hydrogens is 712 g/mol. The van der Waals surface area contributed by atoms with E-state index in [1.54, 1.807) is 30.5 Å². The number of sulfonamides is 1. The summed E-state index contributed by atoms with van der Waals surface area (Å²) in [5, 5.41) is 9.72. The zero-order valence-corrected chi connectivity index (χ0v) is 32.4. The molecule has 5 N–H and O–H groups in total. The quantitative estimate of drug-likeness (QED) is 0.0934. The van der Waals surface area contributed by atoms with Gasteiger partial charge in [-0.25, -0.2) is 8.42 Å². The lowest BCUT2D eigenvalue weighted by Gasteiger charge is -2.28. The molecule has 2 aromatic carbocycles. The Labute approximate surface area is 318 Å². The predicted octanol–water partition coefficient (Wildman–Crippen LogP) is 5.85. The number of nitrogens with two attached hydrogens (primary N) is 1. The SMILES string of the molecule is CC[C@H](CCCC[C@H](Cc1ccccn1)NC(=O)C1C=C(N(C)S(C)(=O)=O)C=C(C(=O)N[C@H](C)c2cccc(Cl)c2)C1)C(=O)NCc1ccc(N)cc1.